The minimum Gasteiger partial charge on any atom is -0.473 e. The first-order valence-electron chi connectivity index (χ1n) is 8.68. The first kappa shape index (κ1) is 22.0. The third-order valence-corrected chi connectivity index (χ3v) is 4.33. The molecule has 26 heavy (non-hydrogen) atoms. The molecule has 9 heteroatoms. The SMILES string of the molecule is CCCCCC(C)Oc1nsnc1C1=CCCN(C)C1.O=C(O)C(=O)O. The lowest BCUT2D eigenvalue weighted by Crippen LogP contribution is -2.25. The van der Waals surface area contributed by atoms with Gasteiger partial charge in [-0.1, -0.05) is 25.8 Å². The van der Waals surface area contributed by atoms with Gasteiger partial charge in [-0.2, -0.15) is 4.37 Å². The van der Waals surface area contributed by atoms with Crippen LogP contribution in [0.25, 0.3) is 5.57 Å². The number of aromatic nitrogens is 2. The molecule has 2 rings (SSSR count). The number of hydrogen-bond donors (Lipinski definition) is 2. The van der Waals surface area contributed by atoms with Crippen molar-refractivity contribution in [3.8, 4) is 5.88 Å². The standard InChI is InChI=1S/C15H25N3OS.C2H2O4/c1-4-5-6-8-12(2)19-15-14(16-20-17-15)13-9-7-10-18(3)11-13;3-1(4)2(5)6/h9,12H,4-8,10-11H2,1-3H3;(H,3,4)(H,5,6). The van der Waals surface area contributed by atoms with E-state index in [1.165, 1.54) is 36.6 Å². The Bertz CT molecular complexity index is 605. The van der Waals surface area contributed by atoms with Gasteiger partial charge >= 0.3 is 11.9 Å². The zero-order valence-corrected chi connectivity index (χ0v) is 16.3. The molecule has 2 N–H and O–H groups in total. The van der Waals surface area contributed by atoms with Crippen LogP contribution in [0.5, 0.6) is 5.88 Å². The zero-order chi connectivity index (χ0) is 19.5. The van der Waals surface area contributed by atoms with Gasteiger partial charge in [0, 0.05) is 13.1 Å². The number of nitrogens with zero attached hydrogens (tertiary/aromatic N) is 3. The predicted molar refractivity (Wildman–Crippen MR) is 99.5 cm³/mol. The summed E-state index contributed by atoms with van der Waals surface area (Å²) in [7, 11) is 2.14. The summed E-state index contributed by atoms with van der Waals surface area (Å²) in [4.78, 5) is 20.5. The summed E-state index contributed by atoms with van der Waals surface area (Å²) in [6.45, 7) is 6.40. The van der Waals surface area contributed by atoms with Gasteiger partial charge in [-0.3, -0.25) is 0 Å². The van der Waals surface area contributed by atoms with E-state index in [0.29, 0.717) is 0 Å². The monoisotopic (exact) mass is 385 g/mol. The molecule has 0 saturated carbocycles. The van der Waals surface area contributed by atoms with Gasteiger partial charge in [-0.25, -0.2) is 9.59 Å². The van der Waals surface area contributed by atoms with Crippen molar-refractivity contribution in [3.05, 3.63) is 11.8 Å². The van der Waals surface area contributed by atoms with E-state index in [-0.39, 0.29) is 6.10 Å². The molecule has 146 valence electrons. The van der Waals surface area contributed by atoms with E-state index in [1.54, 1.807) is 0 Å². The van der Waals surface area contributed by atoms with E-state index in [1.807, 2.05) is 0 Å². The van der Waals surface area contributed by atoms with Crippen LogP contribution in [0.4, 0.5) is 0 Å². The van der Waals surface area contributed by atoms with Crippen molar-refractivity contribution < 1.29 is 24.5 Å². The van der Waals surface area contributed by atoms with Crippen LogP contribution in [0.2, 0.25) is 0 Å². The molecule has 0 saturated heterocycles. The van der Waals surface area contributed by atoms with Gasteiger partial charge in [0.2, 0.25) is 0 Å². The fraction of sp³-hybridized carbons (Fsp3) is 0.647. The van der Waals surface area contributed by atoms with Gasteiger partial charge in [-0.15, -0.1) is 4.37 Å². The van der Waals surface area contributed by atoms with E-state index in [4.69, 9.17) is 24.5 Å². The second kappa shape index (κ2) is 11.6. The topological polar surface area (TPSA) is 113 Å². The van der Waals surface area contributed by atoms with Crippen LogP contribution in [0.3, 0.4) is 0 Å². The molecule has 1 aromatic rings. The highest BCUT2D eigenvalue weighted by Gasteiger charge is 2.19. The molecule has 8 nitrogen and oxygen atoms in total. The Morgan fingerprint density at radius 3 is 2.58 bits per heavy atom. The van der Waals surface area contributed by atoms with Gasteiger partial charge in [0.1, 0.15) is 5.69 Å². The molecule has 1 aromatic heterocycles. The third kappa shape index (κ3) is 7.92. The van der Waals surface area contributed by atoms with Crippen LogP contribution >= 0.6 is 11.7 Å². The molecule has 0 aliphatic carbocycles. The molecule has 0 amide bonds. The number of carboxylic acids is 2. The lowest BCUT2D eigenvalue weighted by Gasteiger charge is -2.22. The molecule has 0 aromatic carbocycles. The van der Waals surface area contributed by atoms with Crippen LogP contribution in [-0.4, -0.2) is 62.0 Å². The summed E-state index contributed by atoms with van der Waals surface area (Å²) in [5, 5.41) is 14.8. The van der Waals surface area contributed by atoms with Crippen molar-refractivity contribution in [1.82, 2.24) is 13.6 Å². The van der Waals surface area contributed by atoms with E-state index in [9.17, 15) is 0 Å². The molecule has 0 fully saturated rings. The van der Waals surface area contributed by atoms with Gasteiger partial charge < -0.3 is 19.8 Å². The number of likely N-dealkylation sites (N-methyl/N-ethyl adjacent to an activating group) is 1. The third-order valence-electron chi connectivity index (χ3n) is 3.81. The Kier molecular flexibility index (Phi) is 9.82. The average molecular weight is 385 g/mol. The Hall–Kier alpha value is -2.00. The molecular formula is C17H27N3O5S. The van der Waals surface area contributed by atoms with Crippen LogP contribution in [-0.2, 0) is 9.59 Å². The van der Waals surface area contributed by atoms with Gasteiger partial charge in [0.05, 0.1) is 17.8 Å². The second-order valence-corrected chi connectivity index (χ2v) is 6.74. The van der Waals surface area contributed by atoms with Crippen LogP contribution in [0.15, 0.2) is 6.08 Å². The summed E-state index contributed by atoms with van der Waals surface area (Å²) < 4.78 is 14.8. The molecule has 1 atom stereocenters. The Balaban J connectivity index is 0.000000487. The number of unbranched alkanes of at least 4 members (excludes halogenated alkanes) is 2. The van der Waals surface area contributed by atoms with Crippen LogP contribution in [0.1, 0.15) is 51.6 Å². The van der Waals surface area contributed by atoms with Crippen molar-refractivity contribution in [2.75, 3.05) is 20.1 Å². The molecule has 0 bridgehead atoms. The van der Waals surface area contributed by atoms with Gasteiger partial charge in [-0.05, 0) is 38.8 Å². The highest BCUT2D eigenvalue weighted by atomic mass is 32.1. The number of carboxylic acid groups (broad SMARTS) is 2. The minimum absolute atomic E-state index is 0.214. The predicted octanol–water partition coefficient (Wildman–Crippen LogP) is 2.76. The number of ether oxygens (including phenoxy) is 1. The minimum atomic E-state index is -1.82. The summed E-state index contributed by atoms with van der Waals surface area (Å²) in [6.07, 6.45) is 8.38. The van der Waals surface area contributed by atoms with E-state index in [2.05, 4.69) is 40.6 Å². The van der Waals surface area contributed by atoms with Gasteiger partial charge in [0.25, 0.3) is 5.88 Å². The second-order valence-electron chi connectivity index (χ2n) is 6.21. The zero-order valence-electron chi connectivity index (χ0n) is 15.5. The van der Waals surface area contributed by atoms with Crippen molar-refractivity contribution in [2.45, 2.75) is 52.1 Å². The summed E-state index contributed by atoms with van der Waals surface area (Å²) >= 11 is 1.25. The molecule has 1 unspecified atom stereocenters. The first-order chi connectivity index (χ1) is 12.3. The molecule has 1 aliphatic rings. The lowest BCUT2D eigenvalue weighted by molar-refractivity contribution is -0.159. The van der Waals surface area contributed by atoms with Crippen molar-refractivity contribution in [3.63, 3.8) is 0 Å². The van der Waals surface area contributed by atoms with E-state index >= 15 is 0 Å². The van der Waals surface area contributed by atoms with Crippen molar-refractivity contribution in [1.29, 1.82) is 0 Å². The largest absolute Gasteiger partial charge is 0.473 e. The van der Waals surface area contributed by atoms with Crippen molar-refractivity contribution in [2.24, 2.45) is 0 Å². The number of aliphatic carboxylic acids is 2. The summed E-state index contributed by atoms with van der Waals surface area (Å²) in [5.41, 5.74) is 2.20. The maximum absolute atomic E-state index is 9.10. The molecule has 2 heterocycles. The number of hydrogen-bond acceptors (Lipinski definition) is 7. The fourth-order valence-electron chi connectivity index (χ4n) is 2.45. The summed E-state index contributed by atoms with van der Waals surface area (Å²) in [5.74, 6) is -2.93. The number of rotatable bonds is 7. The maximum atomic E-state index is 9.10. The Morgan fingerprint density at radius 1 is 1.31 bits per heavy atom. The highest BCUT2D eigenvalue weighted by molar-refractivity contribution is 6.99. The van der Waals surface area contributed by atoms with E-state index < -0.39 is 11.9 Å². The molecular weight excluding hydrogens is 358 g/mol. The smallest absolute Gasteiger partial charge is 0.414 e. The molecule has 0 spiro atoms. The van der Waals surface area contributed by atoms with Crippen LogP contribution in [0, 0.1) is 0 Å². The lowest BCUT2D eigenvalue weighted by atomic mass is 10.1. The number of carbonyl (C=O) groups is 2. The van der Waals surface area contributed by atoms with Crippen LogP contribution < -0.4 is 4.74 Å². The average Bonchev–Trinajstić information content (AvgIpc) is 3.03. The first-order valence-corrected chi connectivity index (χ1v) is 9.41. The quantitative estimate of drug-likeness (QED) is 0.544. The highest BCUT2D eigenvalue weighted by Crippen LogP contribution is 2.28. The Morgan fingerprint density at radius 2 is 2.00 bits per heavy atom. The Labute approximate surface area is 157 Å². The normalized spacial score (nSPS) is 15.4. The van der Waals surface area contributed by atoms with Crippen molar-refractivity contribution >= 4 is 29.2 Å². The van der Waals surface area contributed by atoms with Gasteiger partial charge in [0.15, 0.2) is 0 Å². The fourth-order valence-corrected chi connectivity index (χ4v) is 2.97. The molecule has 0 radical (unpaired) electrons. The van der Waals surface area contributed by atoms with E-state index in [0.717, 1.165) is 37.5 Å². The summed E-state index contributed by atoms with van der Waals surface area (Å²) in [6, 6.07) is 0. The maximum Gasteiger partial charge on any atom is 0.414 e. The molecule has 1 aliphatic heterocycles.